The zero-order chi connectivity index (χ0) is 22.5. The van der Waals surface area contributed by atoms with E-state index in [-0.39, 0.29) is 30.2 Å². The predicted octanol–water partition coefficient (Wildman–Crippen LogP) is 3.56. The van der Waals surface area contributed by atoms with Crippen molar-refractivity contribution < 1.29 is 19.1 Å². The van der Waals surface area contributed by atoms with Crippen LogP contribution in [0, 0.1) is 5.92 Å². The average molecular weight is 443 g/mol. The first kappa shape index (κ1) is 23.2. The van der Waals surface area contributed by atoms with Crippen molar-refractivity contribution in [2.75, 3.05) is 26.3 Å². The second kappa shape index (κ2) is 10.8. The Morgan fingerprint density at radius 1 is 0.969 bits per heavy atom. The molecule has 0 aromatic heterocycles. The summed E-state index contributed by atoms with van der Waals surface area (Å²) in [6.45, 7) is 6.43. The van der Waals surface area contributed by atoms with E-state index in [2.05, 4.69) is 24.3 Å². The number of carbonyl (C=O) groups excluding carboxylic acids is 2. The Morgan fingerprint density at radius 2 is 1.66 bits per heavy atom. The minimum Gasteiger partial charge on any atom is -0.351 e. The second-order valence-electron chi connectivity index (χ2n) is 9.35. The van der Waals surface area contributed by atoms with E-state index in [4.69, 9.17) is 9.47 Å². The number of fused-ring (bicyclic) bond motifs is 1. The van der Waals surface area contributed by atoms with E-state index in [1.54, 1.807) is 0 Å². The lowest BCUT2D eigenvalue weighted by Gasteiger charge is -2.35. The van der Waals surface area contributed by atoms with Gasteiger partial charge in [-0.1, -0.05) is 24.3 Å². The van der Waals surface area contributed by atoms with E-state index in [0.717, 1.165) is 51.5 Å². The van der Waals surface area contributed by atoms with Crippen molar-refractivity contribution in [3.05, 3.63) is 35.4 Å². The first-order valence-corrected chi connectivity index (χ1v) is 12.5. The minimum atomic E-state index is -0.385. The van der Waals surface area contributed by atoms with E-state index in [1.807, 2.05) is 23.6 Å². The van der Waals surface area contributed by atoms with Crippen LogP contribution in [0.1, 0.15) is 63.5 Å². The number of likely N-dealkylation sites (tertiary alicyclic amines) is 2. The van der Waals surface area contributed by atoms with Crippen molar-refractivity contribution in [1.82, 2.24) is 9.80 Å². The average Bonchev–Trinajstić information content (AvgIpc) is 3.48. The van der Waals surface area contributed by atoms with Gasteiger partial charge in [0, 0.05) is 32.7 Å². The molecule has 2 fully saturated rings. The van der Waals surface area contributed by atoms with E-state index in [0.29, 0.717) is 32.1 Å². The summed E-state index contributed by atoms with van der Waals surface area (Å²) in [5.74, 6) is 0.595. The molecule has 32 heavy (non-hydrogen) atoms. The second-order valence-corrected chi connectivity index (χ2v) is 9.35. The number of aryl methyl sites for hydroxylation is 1. The maximum absolute atomic E-state index is 13.6. The molecule has 4 rings (SSSR count). The Kier molecular flexibility index (Phi) is 7.84. The van der Waals surface area contributed by atoms with Gasteiger partial charge in [0.05, 0.1) is 6.04 Å². The highest BCUT2D eigenvalue weighted by atomic mass is 16.7. The first-order valence-electron chi connectivity index (χ1n) is 12.5. The summed E-state index contributed by atoms with van der Waals surface area (Å²) in [4.78, 5) is 30.6. The highest BCUT2D eigenvalue weighted by Crippen LogP contribution is 2.31. The van der Waals surface area contributed by atoms with E-state index in [1.165, 1.54) is 11.1 Å². The van der Waals surface area contributed by atoms with Crippen LogP contribution >= 0.6 is 0 Å². The maximum atomic E-state index is 13.6. The van der Waals surface area contributed by atoms with Gasteiger partial charge in [0.15, 0.2) is 6.29 Å². The molecule has 6 nitrogen and oxygen atoms in total. The summed E-state index contributed by atoms with van der Waals surface area (Å²) in [7, 11) is 0. The van der Waals surface area contributed by atoms with Crippen molar-refractivity contribution in [3.8, 4) is 0 Å². The third-order valence-electron chi connectivity index (χ3n) is 7.33. The molecule has 3 aliphatic rings. The Bertz CT molecular complexity index is 792. The quantitative estimate of drug-likeness (QED) is 0.578. The van der Waals surface area contributed by atoms with Gasteiger partial charge in [-0.15, -0.1) is 0 Å². The third-order valence-corrected chi connectivity index (χ3v) is 7.33. The monoisotopic (exact) mass is 442 g/mol. The molecule has 0 N–H and O–H groups in total. The van der Waals surface area contributed by atoms with Gasteiger partial charge >= 0.3 is 0 Å². The van der Waals surface area contributed by atoms with Crippen LogP contribution in [0.4, 0.5) is 0 Å². The molecular formula is C26H38N2O4. The highest BCUT2D eigenvalue weighted by molar-refractivity contribution is 5.88. The molecule has 176 valence electrons. The van der Waals surface area contributed by atoms with Crippen LogP contribution in [-0.2, 0) is 31.9 Å². The molecule has 0 spiro atoms. The summed E-state index contributed by atoms with van der Waals surface area (Å²) in [5, 5.41) is 0. The number of rotatable bonds is 8. The number of nitrogens with zero attached hydrogens (tertiary/aromatic N) is 2. The standard InChI is InChI=1S/C26H38N2O4/c1-3-31-26(32-4-2)23-12-8-16-28(23)25(30)22-11-7-15-27(22)24(29)18-19-13-14-20-9-5-6-10-21(20)17-19/h5-6,9-10,19,22-23,26H,3-4,7-8,11-18H2,1-2H3/t19-,22-,23?/m0/s1. The molecule has 2 saturated heterocycles. The Hall–Kier alpha value is -1.92. The van der Waals surface area contributed by atoms with Gasteiger partial charge in [-0.25, -0.2) is 0 Å². The molecule has 0 bridgehead atoms. The van der Waals surface area contributed by atoms with Gasteiger partial charge < -0.3 is 19.3 Å². The molecule has 2 aliphatic heterocycles. The number of carbonyl (C=O) groups is 2. The van der Waals surface area contributed by atoms with Gasteiger partial charge in [-0.2, -0.15) is 0 Å². The van der Waals surface area contributed by atoms with Crippen molar-refractivity contribution in [2.24, 2.45) is 5.92 Å². The smallest absolute Gasteiger partial charge is 0.245 e. The van der Waals surface area contributed by atoms with Gasteiger partial charge in [-0.3, -0.25) is 9.59 Å². The molecular weight excluding hydrogens is 404 g/mol. The van der Waals surface area contributed by atoms with Gasteiger partial charge in [0.1, 0.15) is 6.04 Å². The van der Waals surface area contributed by atoms with Crippen LogP contribution in [0.25, 0.3) is 0 Å². The molecule has 6 heteroatoms. The van der Waals surface area contributed by atoms with Crippen LogP contribution in [0.5, 0.6) is 0 Å². The largest absolute Gasteiger partial charge is 0.351 e. The fourth-order valence-corrected chi connectivity index (χ4v) is 5.77. The highest BCUT2D eigenvalue weighted by Gasteiger charge is 2.43. The molecule has 2 heterocycles. The number of amides is 2. The Labute approximate surface area is 192 Å². The minimum absolute atomic E-state index is 0.0604. The lowest BCUT2D eigenvalue weighted by Crippen LogP contribution is -2.52. The summed E-state index contributed by atoms with van der Waals surface area (Å²) in [5.41, 5.74) is 2.80. The summed E-state index contributed by atoms with van der Waals surface area (Å²) in [6, 6.07) is 8.18. The Morgan fingerprint density at radius 3 is 2.41 bits per heavy atom. The molecule has 1 aromatic carbocycles. The van der Waals surface area contributed by atoms with E-state index >= 15 is 0 Å². The Balaban J connectivity index is 1.39. The van der Waals surface area contributed by atoms with Crippen molar-refractivity contribution >= 4 is 11.8 Å². The third kappa shape index (κ3) is 5.01. The zero-order valence-corrected chi connectivity index (χ0v) is 19.6. The van der Waals surface area contributed by atoms with Gasteiger partial charge in [-0.05, 0) is 75.8 Å². The van der Waals surface area contributed by atoms with Crippen LogP contribution in [0.2, 0.25) is 0 Å². The summed E-state index contributed by atoms with van der Waals surface area (Å²) < 4.78 is 11.6. The predicted molar refractivity (Wildman–Crippen MR) is 123 cm³/mol. The first-order chi connectivity index (χ1) is 15.6. The fraction of sp³-hybridized carbons (Fsp3) is 0.692. The molecule has 1 aliphatic carbocycles. The van der Waals surface area contributed by atoms with E-state index < -0.39 is 0 Å². The van der Waals surface area contributed by atoms with Crippen molar-refractivity contribution in [2.45, 2.75) is 83.6 Å². The summed E-state index contributed by atoms with van der Waals surface area (Å²) in [6.07, 6.45) is 6.71. The fourth-order valence-electron chi connectivity index (χ4n) is 5.77. The van der Waals surface area contributed by atoms with Crippen LogP contribution in [0.3, 0.4) is 0 Å². The molecule has 1 aromatic rings. The maximum Gasteiger partial charge on any atom is 0.245 e. The van der Waals surface area contributed by atoms with Crippen LogP contribution < -0.4 is 0 Å². The molecule has 2 amide bonds. The number of hydrogen-bond donors (Lipinski definition) is 0. The zero-order valence-electron chi connectivity index (χ0n) is 19.6. The summed E-state index contributed by atoms with van der Waals surface area (Å²) >= 11 is 0. The molecule has 0 saturated carbocycles. The number of benzene rings is 1. The van der Waals surface area contributed by atoms with Crippen molar-refractivity contribution in [3.63, 3.8) is 0 Å². The molecule has 0 radical (unpaired) electrons. The lowest BCUT2D eigenvalue weighted by atomic mass is 9.82. The number of ether oxygens (including phenoxy) is 2. The molecule has 1 unspecified atom stereocenters. The van der Waals surface area contributed by atoms with Gasteiger partial charge in [0.25, 0.3) is 0 Å². The molecule has 3 atom stereocenters. The van der Waals surface area contributed by atoms with Crippen LogP contribution in [-0.4, -0.2) is 66.3 Å². The normalized spacial score (nSPS) is 25.4. The SMILES string of the molecule is CCOC(OCC)C1CCCN1C(=O)[C@@H]1CCCN1C(=O)C[C@H]1CCc2ccccc2C1. The lowest BCUT2D eigenvalue weighted by molar-refractivity contribution is -0.177. The van der Waals surface area contributed by atoms with Gasteiger partial charge in [0.2, 0.25) is 11.8 Å². The number of hydrogen-bond acceptors (Lipinski definition) is 4. The van der Waals surface area contributed by atoms with E-state index in [9.17, 15) is 9.59 Å². The topological polar surface area (TPSA) is 59.1 Å². The van der Waals surface area contributed by atoms with Crippen LogP contribution in [0.15, 0.2) is 24.3 Å². The van der Waals surface area contributed by atoms with Crippen molar-refractivity contribution in [1.29, 1.82) is 0 Å².